The van der Waals surface area contributed by atoms with E-state index in [0.29, 0.717) is 5.56 Å². The molecule has 2 unspecified atom stereocenters. The molecule has 1 fully saturated rings. The number of nitrogens with zero attached hydrogens (tertiary/aromatic N) is 5. The van der Waals surface area contributed by atoms with Gasteiger partial charge in [0.05, 0.1) is 6.04 Å². The van der Waals surface area contributed by atoms with Crippen molar-refractivity contribution in [3.8, 4) is 0 Å². The lowest BCUT2D eigenvalue weighted by Crippen LogP contribution is -2.40. The van der Waals surface area contributed by atoms with Gasteiger partial charge in [-0.25, -0.2) is 13.5 Å². The van der Waals surface area contributed by atoms with Crippen LogP contribution in [-0.4, -0.2) is 50.6 Å². The Morgan fingerprint density at radius 1 is 1.39 bits per heavy atom. The second-order valence-corrected chi connectivity index (χ2v) is 5.57. The average Bonchev–Trinajstić information content (AvgIpc) is 3.12. The molecule has 3 rings (SSSR count). The Kier molecular flexibility index (Phi) is 4.28. The largest absolute Gasteiger partial charge is 0.350 e. The van der Waals surface area contributed by atoms with Crippen LogP contribution in [-0.2, 0) is 11.3 Å². The van der Waals surface area contributed by atoms with Gasteiger partial charge in [-0.1, -0.05) is 6.07 Å². The summed E-state index contributed by atoms with van der Waals surface area (Å²) in [4.78, 5) is 14.1. The Balaban J connectivity index is 1.73. The number of aromatic nitrogens is 4. The lowest BCUT2D eigenvalue weighted by atomic mass is 10.00. The predicted molar refractivity (Wildman–Crippen MR) is 76.1 cm³/mol. The number of amides is 1. The molecule has 9 heteroatoms. The number of hydrogen-bond donors (Lipinski definition) is 1. The minimum Gasteiger partial charge on any atom is -0.350 e. The van der Waals surface area contributed by atoms with Gasteiger partial charge in [0.15, 0.2) is 11.6 Å². The summed E-state index contributed by atoms with van der Waals surface area (Å²) in [5.74, 6) is -2.00. The summed E-state index contributed by atoms with van der Waals surface area (Å²) in [5, 5.41) is 13.5. The molecule has 1 amide bonds. The van der Waals surface area contributed by atoms with Crippen LogP contribution < -0.4 is 5.32 Å². The summed E-state index contributed by atoms with van der Waals surface area (Å²) in [6.07, 6.45) is 2.08. The quantitative estimate of drug-likeness (QED) is 0.888. The maximum absolute atomic E-state index is 13.5. The molecule has 7 nitrogen and oxygen atoms in total. The number of likely N-dealkylation sites (N-methyl/N-ethyl adjacent to an activating group) is 1. The molecular weight excluding hydrogens is 306 g/mol. The van der Waals surface area contributed by atoms with Gasteiger partial charge in [0, 0.05) is 12.6 Å². The lowest BCUT2D eigenvalue weighted by Gasteiger charge is -2.26. The van der Waals surface area contributed by atoms with E-state index in [4.69, 9.17) is 0 Å². The number of benzene rings is 1. The maximum atomic E-state index is 13.5. The highest BCUT2D eigenvalue weighted by Crippen LogP contribution is 2.31. The molecule has 2 atom stereocenters. The van der Waals surface area contributed by atoms with Crippen molar-refractivity contribution < 1.29 is 13.6 Å². The molecular formula is C14H16F2N6O. The van der Waals surface area contributed by atoms with Gasteiger partial charge in [0.2, 0.25) is 5.91 Å². The number of likely N-dealkylation sites (tertiary alicyclic amines) is 1. The Bertz CT molecular complexity index is 693. The first-order valence-electron chi connectivity index (χ1n) is 7.20. The van der Waals surface area contributed by atoms with Crippen LogP contribution in [0.1, 0.15) is 18.0 Å². The number of hydrogen-bond acceptors (Lipinski definition) is 5. The monoisotopic (exact) mass is 322 g/mol. The average molecular weight is 322 g/mol. The van der Waals surface area contributed by atoms with E-state index in [9.17, 15) is 13.6 Å². The molecule has 1 aromatic heterocycles. The molecule has 0 spiro atoms. The van der Waals surface area contributed by atoms with E-state index >= 15 is 0 Å². The Labute approximate surface area is 131 Å². The molecule has 0 saturated carbocycles. The normalized spacial score (nSPS) is 21.5. The zero-order valence-electron chi connectivity index (χ0n) is 12.5. The third kappa shape index (κ3) is 3.34. The van der Waals surface area contributed by atoms with Crippen molar-refractivity contribution >= 4 is 5.91 Å². The standard InChI is InChI=1S/C14H16F2N6O/c1-21-5-4-12(18-13(23)7-22-8-17-19-20-22)14(21)9-2-3-10(15)11(16)6-9/h2-3,6,8,12,14H,4-5,7H2,1H3,(H,18,23). The molecule has 1 aliphatic heterocycles. The highest BCUT2D eigenvalue weighted by Gasteiger charge is 2.34. The van der Waals surface area contributed by atoms with Crippen LogP contribution in [0, 0.1) is 11.6 Å². The Morgan fingerprint density at radius 2 is 2.22 bits per heavy atom. The zero-order chi connectivity index (χ0) is 16.4. The van der Waals surface area contributed by atoms with Crippen molar-refractivity contribution in [1.82, 2.24) is 30.4 Å². The summed E-state index contributed by atoms with van der Waals surface area (Å²) >= 11 is 0. The highest BCUT2D eigenvalue weighted by molar-refractivity contribution is 5.76. The van der Waals surface area contributed by atoms with E-state index in [2.05, 4.69) is 20.8 Å². The summed E-state index contributed by atoms with van der Waals surface area (Å²) in [5.41, 5.74) is 0.636. The number of nitrogens with one attached hydrogen (secondary N) is 1. The van der Waals surface area contributed by atoms with Gasteiger partial charge in [0.25, 0.3) is 0 Å². The molecule has 0 bridgehead atoms. The van der Waals surface area contributed by atoms with Gasteiger partial charge < -0.3 is 5.32 Å². The van der Waals surface area contributed by atoms with Gasteiger partial charge in [-0.2, -0.15) is 0 Å². The summed E-state index contributed by atoms with van der Waals surface area (Å²) in [6.45, 7) is 0.761. The first-order chi connectivity index (χ1) is 11.0. The molecule has 1 saturated heterocycles. The minimum atomic E-state index is -0.887. The van der Waals surface area contributed by atoms with E-state index in [0.717, 1.165) is 19.0 Å². The summed E-state index contributed by atoms with van der Waals surface area (Å²) in [7, 11) is 1.89. The van der Waals surface area contributed by atoms with Crippen molar-refractivity contribution in [2.45, 2.75) is 25.0 Å². The van der Waals surface area contributed by atoms with Crippen molar-refractivity contribution in [3.63, 3.8) is 0 Å². The first kappa shape index (κ1) is 15.5. The van der Waals surface area contributed by atoms with Crippen molar-refractivity contribution in [1.29, 1.82) is 0 Å². The molecule has 1 N–H and O–H groups in total. The van der Waals surface area contributed by atoms with Gasteiger partial charge in [-0.15, -0.1) is 5.10 Å². The van der Waals surface area contributed by atoms with Crippen LogP contribution in [0.3, 0.4) is 0 Å². The Hall–Kier alpha value is -2.42. The SMILES string of the molecule is CN1CCC(NC(=O)Cn2cnnn2)C1c1ccc(F)c(F)c1. The maximum Gasteiger partial charge on any atom is 0.242 e. The van der Waals surface area contributed by atoms with Crippen LogP contribution in [0.2, 0.25) is 0 Å². The van der Waals surface area contributed by atoms with Crippen LogP contribution in [0.25, 0.3) is 0 Å². The van der Waals surface area contributed by atoms with Crippen LogP contribution in [0.5, 0.6) is 0 Å². The molecule has 0 aliphatic carbocycles. The van der Waals surface area contributed by atoms with Gasteiger partial charge in [0.1, 0.15) is 12.9 Å². The van der Waals surface area contributed by atoms with Gasteiger partial charge in [-0.3, -0.25) is 9.69 Å². The molecule has 122 valence electrons. The zero-order valence-corrected chi connectivity index (χ0v) is 12.5. The van der Waals surface area contributed by atoms with E-state index in [1.165, 1.54) is 17.1 Å². The second kappa shape index (κ2) is 6.37. The molecule has 1 aromatic carbocycles. The fraction of sp³-hybridized carbons (Fsp3) is 0.429. The first-order valence-corrected chi connectivity index (χ1v) is 7.20. The van der Waals surface area contributed by atoms with E-state index in [1.807, 2.05) is 11.9 Å². The smallest absolute Gasteiger partial charge is 0.242 e. The number of carbonyl (C=O) groups is 1. The van der Waals surface area contributed by atoms with Crippen LogP contribution in [0.4, 0.5) is 8.78 Å². The van der Waals surface area contributed by atoms with Gasteiger partial charge >= 0.3 is 0 Å². The number of halogens is 2. The van der Waals surface area contributed by atoms with Crippen molar-refractivity contribution in [2.75, 3.05) is 13.6 Å². The number of carbonyl (C=O) groups excluding carboxylic acids is 1. The highest BCUT2D eigenvalue weighted by atomic mass is 19.2. The molecule has 0 radical (unpaired) electrons. The molecule has 2 aromatic rings. The number of tetrazole rings is 1. The molecule has 23 heavy (non-hydrogen) atoms. The Morgan fingerprint density at radius 3 is 2.91 bits per heavy atom. The predicted octanol–water partition coefficient (Wildman–Crippen LogP) is 0.513. The lowest BCUT2D eigenvalue weighted by molar-refractivity contribution is -0.122. The van der Waals surface area contributed by atoms with Gasteiger partial charge in [-0.05, 0) is 41.6 Å². The van der Waals surface area contributed by atoms with E-state index < -0.39 is 11.6 Å². The van der Waals surface area contributed by atoms with E-state index in [1.54, 1.807) is 6.07 Å². The molecule has 2 heterocycles. The van der Waals surface area contributed by atoms with Crippen molar-refractivity contribution in [3.05, 3.63) is 41.7 Å². The minimum absolute atomic E-state index is 0.0116. The van der Waals surface area contributed by atoms with Crippen LogP contribution >= 0.6 is 0 Å². The summed E-state index contributed by atoms with van der Waals surface area (Å²) in [6, 6.07) is 3.45. The topological polar surface area (TPSA) is 75.9 Å². The van der Waals surface area contributed by atoms with Crippen LogP contribution in [0.15, 0.2) is 24.5 Å². The fourth-order valence-corrected chi connectivity index (χ4v) is 2.93. The molecule has 1 aliphatic rings. The second-order valence-electron chi connectivity index (χ2n) is 5.57. The van der Waals surface area contributed by atoms with Crippen molar-refractivity contribution in [2.24, 2.45) is 0 Å². The third-order valence-corrected chi connectivity index (χ3v) is 3.98. The summed E-state index contributed by atoms with van der Waals surface area (Å²) < 4.78 is 27.9. The third-order valence-electron chi connectivity index (χ3n) is 3.98. The number of rotatable bonds is 4. The fourth-order valence-electron chi connectivity index (χ4n) is 2.93. The van der Waals surface area contributed by atoms with E-state index in [-0.39, 0.29) is 24.5 Å².